The molecule has 3 heteroatoms. The summed E-state index contributed by atoms with van der Waals surface area (Å²) in [6.45, 7) is 13.2. The number of rotatable bonds is 9. The molecule has 0 bridgehead atoms. The summed E-state index contributed by atoms with van der Waals surface area (Å²) >= 11 is 0. The Morgan fingerprint density at radius 3 is 2.86 bits per heavy atom. The van der Waals surface area contributed by atoms with Crippen molar-refractivity contribution in [3.8, 4) is 0 Å². The van der Waals surface area contributed by atoms with Crippen LogP contribution in [-0.4, -0.2) is 16.5 Å². The quantitative estimate of drug-likeness (QED) is 0.626. The predicted molar refractivity (Wildman–Crippen MR) is 94.4 cm³/mol. The van der Waals surface area contributed by atoms with Crippen LogP contribution in [0, 0.1) is 5.92 Å². The molecule has 2 nitrogen and oxygen atoms in total. The number of hydrogen-bond acceptors (Lipinski definition) is 1. The monoisotopic (exact) mass is 307 g/mol. The molecule has 1 N–H and O–H groups in total. The zero-order valence-corrected chi connectivity index (χ0v) is 14.3. The zero-order valence-electron chi connectivity index (χ0n) is 13.5. The van der Waals surface area contributed by atoms with E-state index in [1.165, 1.54) is 12.0 Å². The molecule has 0 aromatic rings. The van der Waals surface area contributed by atoms with Gasteiger partial charge in [-0.15, -0.1) is 0 Å². The first-order valence-electron chi connectivity index (χ1n) is 7.89. The lowest BCUT2D eigenvalue weighted by molar-refractivity contribution is 0.517. The summed E-state index contributed by atoms with van der Waals surface area (Å²) in [5.41, 5.74) is 3.52. The SMILES string of the molecule is C=C(/C=C\C(=C)C1=CCC(C)CC1)CCNS(=O)CCC. The van der Waals surface area contributed by atoms with Crippen molar-refractivity contribution in [3.05, 3.63) is 48.1 Å². The Labute approximate surface area is 132 Å². The van der Waals surface area contributed by atoms with Gasteiger partial charge in [0.15, 0.2) is 0 Å². The average Bonchev–Trinajstić information content (AvgIpc) is 2.46. The van der Waals surface area contributed by atoms with E-state index in [4.69, 9.17) is 0 Å². The fourth-order valence-corrected chi connectivity index (χ4v) is 3.09. The van der Waals surface area contributed by atoms with E-state index in [1.807, 2.05) is 13.0 Å². The Morgan fingerprint density at radius 1 is 1.48 bits per heavy atom. The Balaban J connectivity index is 2.30. The molecule has 0 saturated carbocycles. The van der Waals surface area contributed by atoms with Crippen molar-refractivity contribution in [3.63, 3.8) is 0 Å². The first-order valence-corrected chi connectivity index (χ1v) is 9.20. The van der Waals surface area contributed by atoms with Gasteiger partial charge >= 0.3 is 0 Å². The maximum absolute atomic E-state index is 11.5. The van der Waals surface area contributed by atoms with Gasteiger partial charge in [0.25, 0.3) is 0 Å². The molecule has 0 aromatic carbocycles. The van der Waals surface area contributed by atoms with Crippen LogP contribution in [0.2, 0.25) is 0 Å². The third-order valence-corrected chi connectivity index (χ3v) is 5.01. The van der Waals surface area contributed by atoms with E-state index in [1.54, 1.807) is 0 Å². The Morgan fingerprint density at radius 2 is 2.24 bits per heavy atom. The lowest BCUT2D eigenvalue weighted by Crippen LogP contribution is -2.20. The van der Waals surface area contributed by atoms with Crippen LogP contribution in [0.4, 0.5) is 0 Å². The predicted octanol–water partition coefficient (Wildman–Crippen LogP) is 4.45. The molecule has 0 heterocycles. The van der Waals surface area contributed by atoms with Crippen molar-refractivity contribution in [2.45, 2.75) is 46.0 Å². The molecule has 0 fully saturated rings. The average molecular weight is 308 g/mol. The molecule has 0 saturated heterocycles. The summed E-state index contributed by atoms with van der Waals surface area (Å²) in [5.74, 6) is 1.52. The topological polar surface area (TPSA) is 29.1 Å². The lowest BCUT2D eigenvalue weighted by Gasteiger charge is -2.18. The van der Waals surface area contributed by atoms with Crippen LogP contribution in [0.15, 0.2) is 48.1 Å². The Kier molecular flexibility index (Phi) is 8.55. The Bertz CT molecular complexity index is 448. The fourth-order valence-electron chi connectivity index (χ4n) is 2.25. The molecule has 0 aliphatic heterocycles. The zero-order chi connectivity index (χ0) is 15.7. The second-order valence-corrected chi connectivity index (χ2v) is 7.21. The van der Waals surface area contributed by atoms with Crippen LogP contribution in [0.25, 0.3) is 0 Å². The van der Waals surface area contributed by atoms with E-state index in [0.29, 0.717) is 12.3 Å². The Hall–Kier alpha value is -0.930. The van der Waals surface area contributed by atoms with Crippen molar-refractivity contribution in [2.75, 3.05) is 12.3 Å². The molecule has 0 amide bonds. The molecular formula is C18H29NOS. The van der Waals surface area contributed by atoms with Gasteiger partial charge in [0, 0.05) is 12.3 Å². The largest absolute Gasteiger partial charge is 0.243 e. The molecule has 0 aromatic heterocycles. The molecule has 21 heavy (non-hydrogen) atoms. The molecule has 1 rings (SSSR count). The summed E-state index contributed by atoms with van der Waals surface area (Å²) in [7, 11) is -0.898. The number of hydrogen-bond donors (Lipinski definition) is 1. The van der Waals surface area contributed by atoms with Gasteiger partial charge in [-0.3, -0.25) is 0 Å². The van der Waals surface area contributed by atoms with Gasteiger partial charge in [0.05, 0.1) is 11.0 Å². The molecule has 2 unspecified atom stereocenters. The maximum Gasteiger partial charge on any atom is 0.0915 e. The van der Waals surface area contributed by atoms with E-state index < -0.39 is 11.0 Å². The van der Waals surface area contributed by atoms with Crippen LogP contribution in [0.1, 0.15) is 46.0 Å². The van der Waals surface area contributed by atoms with Crippen LogP contribution in [0.3, 0.4) is 0 Å². The van der Waals surface area contributed by atoms with E-state index in [-0.39, 0.29) is 0 Å². The highest BCUT2D eigenvalue weighted by Gasteiger charge is 2.10. The van der Waals surface area contributed by atoms with E-state index >= 15 is 0 Å². The second-order valence-electron chi connectivity index (χ2n) is 5.82. The van der Waals surface area contributed by atoms with Crippen molar-refractivity contribution >= 4 is 11.0 Å². The lowest BCUT2D eigenvalue weighted by atomic mass is 9.88. The van der Waals surface area contributed by atoms with Gasteiger partial charge < -0.3 is 0 Å². The summed E-state index contributed by atoms with van der Waals surface area (Å²) in [5, 5.41) is 0. The summed E-state index contributed by atoms with van der Waals surface area (Å²) in [4.78, 5) is 0. The third-order valence-electron chi connectivity index (χ3n) is 3.70. The highest BCUT2D eigenvalue weighted by molar-refractivity contribution is 7.82. The van der Waals surface area contributed by atoms with Crippen molar-refractivity contribution < 1.29 is 4.21 Å². The molecule has 1 aliphatic rings. The second kappa shape index (κ2) is 9.91. The fraction of sp³-hybridized carbons (Fsp3) is 0.556. The van der Waals surface area contributed by atoms with Crippen molar-refractivity contribution in [1.29, 1.82) is 0 Å². The normalized spacial score (nSPS) is 20.3. The standard InChI is InChI=1S/C18H29NOS/c1-5-14-21(20)19-13-12-16(3)6-9-17(4)18-10-7-15(2)8-11-18/h6,9-10,15,19H,3-5,7-8,11-14H2,1-2H3/b9-6-. The molecule has 118 valence electrons. The van der Waals surface area contributed by atoms with Crippen LogP contribution in [-0.2, 0) is 11.0 Å². The van der Waals surface area contributed by atoms with Crippen molar-refractivity contribution in [1.82, 2.24) is 4.72 Å². The van der Waals surface area contributed by atoms with Crippen LogP contribution >= 0.6 is 0 Å². The van der Waals surface area contributed by atoms with Gasteiger partial charge in [0.2, 0.25) is 0 Å². The van der Waals surface area contributed by atoms with Crippen LogP contribution in [0.5, 0.6) is 0 Å². The van der Waals surface area contributed by atoms with E-state index in [2.05, 4.69) is 37.0 Å². The molecular weight excluding hydrogens is 278 g/mol. The van der Waals surface area contributed by atoms with E-state index in [0.717, 1.165) is 42.7 Å². The maximum atomic E-state index is 11.5. The minimum absolute atomic E-state index is 0.711. The minimum atomic E-state index is -0.898. The molecule has 1 aliphatic carbocycles. The van der Waals surface area contributed by atoms with Gasteiger partial charge in [-0.05, 0) is 49.2 Å². The molecule has 0 radical (unpaired) electrons. The number of nitrogens with one attached hydrogen (secondary N) is 1. The van der Waals surface area contributed by atoms with Gasteiger partial charge in [0.1, 0.15) is 0 Å². The smallest absolute Gasteiger partial charge is 0.0915 e. The van der Waals surface area contributed by atoms with Crippen LogP contribution < -0.4 is 4.72 Å². The third kappa shape index (κ3) is 7.58. The summed E-state index contributed by atoms with van der Waals surface area (Å²) in [6.07, 6.45) is 11.7. The van der Waals surface area contributed by atoms with Gasteiger partial charge in [-0.1, -0.05) is 50.8 Å². The molecule has 2 atom stereocenters. The highest BCUT2D eigenvalue weighted by Crippen LogP contribution is 2.27. The highest BCUT2D eigenvalue weighted by atomic mass is 32.2. The summed E-state index contributed by atoms with van der Waals surface area (Å²) in [6, 6.07) is 0. The molecule has 0 spiro atoms. The first-order chi connectivity index (χ1) is 10.0. The summed E-state index contributed by atoms with van der Waals surface area (Å²) < 4.78 is 14.5. The first kappa shape index (κ1) is 18.1. The van der Waals surface area contributed by atoms with Gasteiger partial charge in [-0.2, -0.15) is 0 Å². The number of allylic oxidation sites excluding steroid dienone is 5. The van der Waals surface area contributed by atoms with E-state index in [9.17, 15) is 4.21 Å². The van der Waals surface area contributed by atoms with Gasteiger partial charge in [-0.25, -0.2) is 8.93 Å². The minimum Gasteiger partial charge on any atom is -0.243 e. The van der Waals surface area contributed by atoms with Crippen molar-refractivity contribution in [2.24, 2.45) is 5.92 Å².